The summed E-state index contributed by atoms with van der Waals surface area (Å²) >= 11 is 1.65. The van der Waals surface area contributed by atoms with Gasteiger partial charge >= 0.3 is 0 Å². The molecule has 0 radical (unpaired) electrons. The van der Waals surface area contributed by atoms with Crippen LogP contribution in [0.4, 0.5) is 0 Å². The lowest BCUT2D eigenvalue weighted by Gasteiger charge is -2.24. The van der Waals surface area contributed by atoms with Gasteiger partial charge in [-0.25, -0.2) is 13.1 Å². The average Bonchev–Trinajstić information content (AvgIpc) is 3.27. The minimum atomic E-state index is -3.61. The molecule has 0 aliphatic carbocycles. The van der Waals surface area contributed by atoms with Gasteiger partial charge in [-0.1, -0.05) is 6.07 Å². The molecule has 134 valence electrons. The first-order chi connectivity index (χ1) is 11.8. The summed E-state index contributed by atoms with van der Waals surface area (Å²) in [7, 11) is -2.23. The van der Waals surface area contributed by atoms with Crippen molar-refractivity contribution in [1.82, 2.24) is 9.62 Å². The Labute approximate surface area is 152 Å². The van der Waals surface area contributed by atoms with Crippen molar-refractivity contribution in [3.05, 3.63) is 51.2 Å². The van der Waals surface area contributed by atoms with Gasteiger partial charge in [-0.3, -0.25) is 4.79 Å². The van der Waals surface area contributed by atoms with Gasteiger partial charge in [0.1, 0.15) is 0 Å². The molecule has 1 N–H and O–H groups in total. The van der Waals surface area contributed by atoms with E-state index in [0.717, 1.165) is 18.4 Å². The van der Waals surface area contributed by atoms with Gasteiger partial charge in [-0.2, -0.15) is 0 Å². The maximum atomic E-state index is 13.1. The summed E-state index contributed by atoms with van der Waals surface area (Å²) in [5, 5.41) is 2.02. The number of aryl methyl sites for hydroxylation is 1. The molecule has 1 atom stereocenters. The van der Waals surface area contributed by atoms with Crippen LogP contribution in [-0.4, -0.2) is 32.8 Å². The number of carbonyl (C=O) groups excluding carboxylic acids is 1. The third kappa shape index (κ3) is 3.36. The fraction of sp³-hybridized carbons (Fsp3) is 0.389. The average molecular weight is 379 g/mol. The SMILES string of the molecule is CNS(=O)(=O)c1cc(C(=O)N2CCCC2c2cccs2)cc(C)c1C. The van der Waals surface area contributed by atoms with Gasteiger partial charge in [0.05, 0.1) is 10.9 Å². The van der Waals surface area contributed by atoms with Gasteiger partial charge in [0.2, 0.25) is 10.0 Å². The molecule has 0 bridgehead atoms. The molecule has 3 rings (SSSR count). The predicted octanol–water partition coefficient (Wildman–Crippen LogP) is 3.25. The van der Waals surface area contributed by atoms with Gasteiger partial charge in [-0.05, 0) is 68.4 Å². The Balaban J connectivity index is 2.00. The Hall–Kier alpha value is -1.70. The second-order valence-electron chi connectivity index (χ2n) is 6.30. The van der Waals surface area contributed by atoms with E-state index >= 15 is 0 Å². The summed E-state index contributed by atoms with van der Waals surface area (Å²) < 4.78 is 26.9. The first-order valence-corrected chi connectivity index (χ1v) is 10.6. The number of amides is 1. The number of sulfonamides is 1. The lowest BCUT2D eigenvalue weighted by atomic mass is 10.0. The van der Waals surface area contributed by atoms with Crippen molar-refractivity contribution in [3.8, 4) is 0 Å². The monoisotopic (exact) mass is 378 g/mol. The van der Waals surface area contributed by atoms with Crippen LogP contribution in [0.15, 0.2) is 34.5 Å². The standard InChI is InChI=1S/C18H22N2O3S2/c1-12-10-14(11-17(13(12)2)25(22,23)19-3)18(21)20-8-4-6-15(20)16-7-5-9-24-16/h5,7,9-11,15,19H,4,6,8H2,1-3H3. The Kier molecular flexibility index (Phi) is 4.99. The minimum absolute atomic E-state index is 0.0819. The highest BCUT2D eigenvalue weighted by molar-refractivity contribution is 7.89. The highest BCUT2D eigenvalue weighted by Gasteiger charge is 2.32. The van der Waals surface area contributed by atoms with Crippen molar-refractivity contribution in [1.29, 1.82) is 0 Å². The van der Waals surface area contributed by atoms with E-state index in [1.54, 1.807) is 24.3 Å². The van der Waals surface area contributed by atoms with E-state index in [0.29, 0.717) is 17.7 Å². The topological polar surface area (TPSA) is 66.5 Å². The van der Waals surface area contributed by atoms with Crippen molar-refractivity contribution in [2.75, 3.05) is 13.6 Å². The zero-order chi connectivity index (χ0) is 18.2. The largest absolute Gasteiger partial charge is 0.331 e. The number of rotatable bonds is 4. The second kappa shape index (κ2) is 6.90. The fourth-order valence-electron chi connectivity index (χ4n) is 3.29. The Morgan fingerprint density at radius 2 is 2.08 bits per heavy atom. The molecule has 5 nitrogen and oxygen atoms in total. The number of hydrogen-bond acceptors (Lipinski definition) is 4. The molecule has 1 unspecified atom stereocenters. The Morgan fingerprint density at radius 1 is 1.32 bits per heavy atom. The van der Waals surface area contributed by atoms with Crippen LogP contribution in [0.5, 0.6) is 0 Å². The number of likely N-dealkylation sites (tertiary alicyclic amines) is 1. The summed E-state index contributed by atoms with van der Waals surface area (Å²) in [5.41, 5.74) is 1.90. The summed E-state index contributed by atoms with van der Waals surface area (Å²) in [6.45, 7) is 4.29. The molecule has 2 aromatic rings. The molecule has 1 aliphatic rings. The molecule has 1 amide bonds. The van der Waals surface area contributed by atoms with Crippen molar-refractivity contribution in [2.45, 2.75) is 37.6 Å². The molecule has 1 aromatic heterocycles. The predicted molar refractivity (Wildman–Crippen MR) is 99.5 cm³/mol. The normalized spacial score (nSPS) is 17.9. The van der Waals surface area contributed by atoms with Crippen LogP contribution >= 0.6 is 11.3 Å². The smallest absolute Gasteiger partial charge is 0.254 e. The van der Waals surface area contributed by atoms with Crippen LogP contribution in [0.25, 0.3) is 0 Å². The molecule has 25 heavy (non-hydrogen) atoms. The summed E-state index contributed by atoms with van der Waals surface area (Å²) in [4.78, 5) is 16.3. The van der Waals surface area contributed by atoms with E-state index in [9.17, 15) is 13.2 Å². The van der Waals surface area contributed by atoms with E-state index in [-0.39, 0.29) is 16.8 Å². The van der Waals surface area contributed by atoms with Gasteiger partial charge in [-0.15, -0.1) is 11.3 Å². The number of carbonyl (C=O) groups is 1. The van der Waals surface area contributed by atoms with Crippen LogP contribution in [0.3, 0.4) is 0 Å². The third-order valence-corrected chi connectivity index (χ3v) is 7.32. The maximum absolute atomic E-state index is 13.1. The van der Waals surface area contributed by atoms with E-state index in [1.807, 2.05) is 23.3 Å². The molecule has 7 heteroatoms. The van der Waals surface area contributed by atoms with Crippen LogP contribution in [0, 0.1) is 13.8 Å². The molecule has 0 spiro atoms. The summed E-state index contributed by atoms with van der Waals surface area (Å²) in [6.07, 6.45) is 1.90. The van der Waals surface area contributed by atoms with Gasteiger partial charge in [0.15, 0.2) is 0 Å². The Morgan fingerprint density at radius 3 is 2.72 bits per heavy atom. The zero-order valence-corrected chi connectivity index (χ0v) is 16.2. The number of hydrogen-bond donors (Lipinski definition) is 1. The molecule has 2 heterocycles. The number of benzene rings is 1. The maximum Gasteiger partial charge on any atom is 0.254 e. The van der Waals surface area contributed by atoms with Crippen LogP contribution in [-0.2, 0) is 10.0 Å². The van der Waals surface area contributed by atoms with Crippen molar-refractivity contribution < 1.29 is 13.2 Å². The number of thiophene rings is 1. The minimum Gasteiger partial charge on any atom is -0.331 e. The number of nitrogens with one attached hydrogen (secondary N) is 1. The van der Waals surface area contributed by atoms with Crippen molar-refractivity contribution in [2.24, 2.45) is 0 Å². The van der Waals surface area contributed by atoms with Crippen molar-refractivity contribution in [3.63, 3.8) is 0 Å². The van der Waals surface area contributed by atoms with Gasteiger partial charge < -0.3 is 4.90 Å². The van der Waals surface area contributed by atoms with Crippen molar-refractivity contribution >= 4 is 27.3 Å². The molecular weight excluding hydrogens is 356 g/mol. The first kappa shape index (κ1) is 18.1. The number of nitrogens with zero attached hydrogens (tertiary/aromatic N) is 1. The molecule has 0 saturated carbocycles. The van der Waals surface area contributed by atoms with E-state index < -0.39 is 10.0 Å². The lowest BCUT2D eigenvalue weighted by Crippen LogP contribution is -2.30. The zero-order valence-electron chi connectivity index (χ0n) is 14.6. The van der Waals surface area contributed by atoms with E-state index in [2.05, 4.69) is 10.8 Å². The highest BCUT2D eigenvalue weighted by atomic mass is 32.2. The molecule has 1 saturated heterocycles. The second-order valence-corrected chi connectivity index (χ2v) is 9.13. The highest BCUT2D eigenvalue weighted by Crippen LogP contribution is 2.36. The Bertz CT molecular complexity index is 889. The van der Waals surface area contributed by atoms with Crippen LogP contribution in [0.2, 0.25) is 0 Å². The fourth-order valence-corrected chi connectivity index (χ4v) is 5.23. The quantitative estimate of drug-likeness (QED) is 0.888. The van der Waals surface area contributed by atoms with Crippen LogP contribution in [0.1, 0.15) is 45.2 Å². The van der Waals surface area contributed by atoms with Gasteiger partial charge in [0.25, 0.3) is 5.91 Å². The van der Waals surface area contributed by atoms with Gasteiger partial charge in [0, 0.05) is 17.0 Å². The molecular formula is C18H22N2O3S2. The van der Waals surface area contributed by atoms with E-state index in [1.165, 1.54) is 18.0 Å². The summed E-state index contributed by atoms with van der Waals surface area (Å²) in [6, 6.07) is 7.42. The lowest BCUT2D eigenvalue weighted by molar-refractivity contribution is 0.0737. The summed E-state index contributed by atoms with van der Waals surface area (Å²) in [5.74, 6) is -0.105. The third-order valence-electron chi connectivity index (χ3n) is 4.81. The van der Waals surface area contributed by atoms with E-state index in [4.69, 9.17) is 0 Å². The molecule has 1 aliphatic heterocycles. The molecule has 1 aromatic carbocycles. The van der Waals surface area contributed by atoms with Crippen LogP contribution < -0.4 is 4.72 Å². The first-order valence-electron chi connectivity index (χ1n) is 8.24. The molecule has 1 fully saturated rings.